The molecular formula is C20H18N4O2. The molecule has 4 rings (SSSR count). The molecule has 4 aromatic rings. The first kappa shape index (κ1) is 16.1. The Hall–Kier alpha value is -3.41. The zero-order valence-electron chi connectivity index (χ0n) is 14.3. The first-order valence-corrected chi connectivity index (χ1v) is 8.38. The van der Waals surface area contributed by atoms with E-state index in [-0.39, 0.29) is 5.91 Å². The monoisotopic (exact) mass is 346 g/mol. The number of benzene rings is 1. The molecule has 0 aliphatic heterocycles. The van der Waals surface area contributed by atoms with Crippen LogP contribution in [0.1, 0.15) is 16.2 Å². The second-order valence-electron chi connectivity index (χ2n) is 5.96. The topological polar surface area (TPSA) is 68.5 Å². The fourth-order valence-corrected chi connectivity index (χ4v) is 2.86. The number of aromatic nitrogens is 3. The number of carbonyl (C=O) groups is 1. The Morgan fingerprint density at radius 2 is 2.08 bits per heavy atom. The molecule has 0 fully saturated rings. The highest BCUT2D eigenvalue weighted by Gasteiger charge is 2.09. The van der Waals surface area contributed by atoms with E-state index in [1.807, 2.05) is 59.3 Å². The molecule has 0 aliphatic carbocycles. The van der Waals surface area contributed by atoms with Gasteiger partial charge in [0, 0.05) is 30.7 Å². The Bertz CT molecular complexity index is 1050. The van der Waals surface area contributed by atoms with Crippen molar-refractivity contribution in [3.63, 3.8) is 0 Å². The molecule has 3 heterocycles. The lowest BCUT2D eigenvalue weighted by Gasteiger charge is -2.06. The minimum absolute atomic E-state index is 0.188. The van der Waals surface area contributed by atoms with E-state index in [1.165, 1.54) is 0 Å². The highest BCUT2D eigenvalue weighted by molar-refractivity contribution is 5.95. The number of hydrogen-bond acceptors (Lipinski definition) is 4. The van der Waals surface area contributed by atoms with Gasteiger partial charge < -0.3 is 14.5 Å². The largest absolute Gasteiger partial charge is 0.497 e. The second-order valence-corrected chi connectivity index (χ2v) is 5.96. The van der Waals surface area contributed by atoms with Gasteiger partial charge >= 0.3 is 0 Å². The van der Waals surface area contributed by atoms with Gasteiger partial charge in [-0.05, 0) is 36.4 Å². The summed E-state index contributed by atoms with van der Waals surface area (Å²) >= 11 is 0. The van der Waals surface area contributed by atoms with Crippen LogP contribution in [0.15, 0.2) is 60.9 Å². The fourth-order valence-electron chi connectivity index (χ4n) is 2.86. The number of imidazole rings is 1. The number of fused-ring (bicyclic) bond motifs is 2. The molecule has 130 valence electrons. The Kier molecular flexibility index (Phi) is 4.23. The standard InChI is InChI=1S/C20H18N4O2/c1-26-16-6-8-17-14(12-16)5-7-18(23-17)20(25)21-10-9-15-13-24-11-3-2-4-19(24)22-15/h2-8,11-13H,9-10H2,1H3,(H,21,25). The molecule has 0 atom stereocenters. The molecule has 26 heavy (non-hydrogen) atoms. The van der Waals surface area contributed by atoms with Gasteiger partial charge in [0.2, 0.25) is 0 Å². The zero-order valence-corrected chi connectivity index (χ0v) is 14.3. The van der Waals surface area contributed by atoms with E-state index < -0.39 is 0 Å². The predicted octanol–water partition coefficient (Wildman–Crippen LogP) is 2.86. The van der Waals surface area contributed by atoms with Gasteiger partial charge in [-0.2, -0.15) is 0 Å². The zero-order chi connectivity index (χ0) is 17.9. The lowest BCUT2D eigenvalue weighted by molar-refractivity contribution is 0.0949. The number of nitrogens with zero attached hydrogens (tertiary/aromatic N) is 3. The Balaban J connectivity index is 1.41. The van der Waals surface area contributed by atoms with Crippen LogP contribution in [0.3, 0.4) is 0 Å². The summed E-state index contributed by atoms with van der Waals surface area (Å²) < 4.78 is 7.17. The average Bonchev–Trinajstić information content (AvgIpc) is 3.09. The van der Waals surface area contributed by atoms with Crippen LogP contribution >= 0.6 is 0 Å². The number of nitrogens with one attached hydrogen (secondary N) is 1. The molecule has 6 nitrogen and oxygen atoms in total. The summed E-state index contributed by atoms with van der Waals surface area (Å²) in [6.07, 6.45) is 4.60. The van der Waals surface area contributed by atoms with Crippen LogP contribution in [0.2, 0.25) is 0 Å². The van der Waals surface area contributed by atoms with Crippen LogP contribution in [0.5, 0.6) is 5.75 Å². The van der Waals surface area contributed by atoms with Crippen molar-refractivity contribution in [1.82, 2.24) is 19.7 Å². The minimum atomic E-state index is -0.188. The summed E-state index contributed by atoms with van der Waals surface area (Å²) in [7, 11) is 1.62. The van der Waals surface area contributed by atoms with Crippen LogP contribution in [0, 0.1) is 0 Å². The molecule has 1 amide bonds. The van der Waals surface area contributed by atoms with E-state index in [4.69, 9.17) is 4.74 Å². The third-order valence-corrected chi connectivity index (χ3v) is 4.21. The van der Waals surface area contributed by atoms with Crippen LogP contribution in [0.25, 0.3) is 16.6 Å². The van der Waals surface area contributed by atoms with Crippen LogP contribution in [-0.4, -0.2) is 33.9 Å². The third kappa shape index (κ3) is 3.21. The smallest absolute Gasteiger partial charge is 0.269 e. The molecule has 1 N–H and O–H groups in total. The molecule has 0 saturated heterocycles. The van der Waals surface area contributed by atoms with E-state index in [0.29, 0.717) is 18.7 Å². The highest BCUT2D eigenvalue weighted by atomic mass is 16.5. The number of amides is 1. The summed E-state index contributed by atoms with van der Waals surface area (Å²) in [6, 6.07) is 15.0. The number of hydrogen-bond donors (Lipinski definition) is 1. The molecule has 6 heteroatoms. The van der Waals surface area contributed by atoms with Crippen LogP contribution in [-0.2, 0) is 6.42 Å². The molecule has 0 bridgehead atoms. The van der Waals surface area contributed by atoms with Crippen molar-refractivity contribution in [3.05, 3.63) is 72.3 Å². The molecule has 1 aromatic carbocycles. The van der Waals surface area contributed by atoms with Crippen molar-refractivity contribution in [3.8, 4) is 5.75 Å². The van der Waals surface area contributed by atoms with Crippen molar-refractivity contribution in [2.45, 2.75) is 6.42 Å². The van der Waals surface area contributed by atoms with Crippen molar-refractivity contribution in [1.29, 1.82) is 0 Å². The lowest BCUT2D eigenvalue weighted by Crippen LogP contribution is -2.26. The molecule has 0 unspecified atom stereocenters. The summed E-state index contributed by atoms with van der Waals surface area (Å²) in [5, 5.41) is 3.84. The van der Waals surface area contributed by atoms with Gasteiger partial charge in [-0.1, -0.05) is 12.1 Å². The summed E-state index contributed by atoms with van der Waals surface area (Å²) in [5.41, 5.74) is 3.01. The van der Waals surface area contributed by atoms with Crippen molar-refractivity contribution >= 4 is 22.5 Å². The highest BCUT2D eigenvalue weighted by Crippen LogP contribution is 2.19. The quantitative estimate of drug-likeness (QED) is 0.603. The molecular weight excluding hydrogens is 328 g/mol. The average molecular weight is 346 g/mol. The summed E-state index contributed by atoms with van der Waals surface area (Å²) in [5.74, 6) is 0.579. The van der Waals surface area contributed by atoms with Gasteiger partial charge in [0.25, 0.3) is 5.91 Å². The van der Waals surface area contributed by atoms with Crippen molar-refractivity contribution in [2.24, 2.45) is 0 Å². The maximum atomic E-state index is 12.3. The van der Waals surface area contributed by atoms with Crippen LogP contribution in [0.4, 0.5) is 0 Å². The van der Waals surface area contributed by atoms with Gasteiger partial charge in [-0.3, -0.25) is 4.79 Å². The van der Waals surface area contributed by atoms with Gasteiger partial charge in [0.05, 0.1) is 18.3 Å². The summed E-state index contributed by atoms with van der Waals surface area (Å²) in [4.78, 5) is 21.3. The Morgan fingerprint density at radius 3 is 2.92 bits per heavy atom. The predicted molar refractivity (Wildman–Crippen MR) is 99.5 cm³/mol. The molecule has 3 aromatic heterocycles. The number of ether oxygens (including phenoxy) is 1. The number of methoxy groups -OCH3 is 1. The lowest BCUT2D eigenvalue weighted by atomic mass is 10.2. The van der Waals surface area contributed by atoms with Crippen molar-refractivity contribution < 1.29 is 9.53 Å². The molecule has 0 spiro atoms. The number of pyridine rings is 2. The van der Waals surface area contributed by atoms with Gasteiger partial charge in [-0.25, -0.2) is 9.97 Å². The Morgan fingerprint density at radius 1 is 1.15 bits per heavy atom. The van der Waals surface area contributed by atoms with E-state index in [0.717, 1.165) is 28.0 Å². The molecule has 0 saturated carbocycles. The molecule has 0 radical (unpaired) electrons. The normalized spacial score (nSPS) is 11.0. The molecule has 0 aliphatic rings. The summed E-state index contributed by atoms with van der Waals surface area (Å²) in [6.45, 7) is 0.505. The SMILES string of the molecule is COc1ccc2nc(C(=O)NCCc3cn4ccccc4n3)ccc2c1. The van der Waals surface area contributed by atoms with Gasteiger partial charge in [0.15, 0.2) is 0 Å². The van der Waals surface area contributed by atoms with Crippen molar-refractivity contribution in [2.75, 3.05) is 13.7 Å². The van der Waals surface area contributed by atoms with Gasteiger partial charge in [-0.15, -0.1) is 0 Å². The second kappa shape index (κ2) is 6.84. The third-order valence-electron chi connectivity index (χ3n) is 4.21. The fraction of sp³-hybridized carbons (Fsp3) is 0.150. The first-order chi connectivity index (χ1) is 12.7. The number of carbonyl (C=O) groups excluding carboxylic acids is 1. The van der Waals surface area contributed by atoms with Gasteiger partial charge in [0.1, 0.15) is 17.1 Å². The first-order valence-electron chi connectivity index (χ1n) is 8.38. The maximum absolute atomic E-state index is 12.3. The minimum Gasteiger partial charge on any atom is -0.497 e. The van der Waals surface area contributed by atoms with E-state index in [9.17, 15) is 4.79 Å². The Labute approximate surface area is 150 Å². The maximum Gasteiger partial charge on any atom is 0.269 e. The number of rotatable bonds is 5. The van der Waals surface area contributed by atoms with E-state index >= 15 is 0 Å². The van der Waals surface area contributed by atoms with E-state index in [1.54, 1.807) is 13.2 Å². The van der Waals surface area contributed by atoms with Crippen LogP contribution < -0.4 is 10.1 Å². The van der Waals surface area contributed by atoms with E-state index in [2.05, 4.69) is 15.3 Å².